The average Bonchev–Trinajstić information content (AvgIpc) is 2.35. The molecule has 0 radical (unpaired) electrons. The molecule has 0 spiro atoms. The predicted octanol–water partition coefficient (Wildman–Crippen LogP) is 3.24. The molecule has 0 aliphatic heterocycles. The minimum Gasteiger partial charge on any atom is -0.378 e. The van der Waals surface area contributed by atoms with Gasteiger partial charge in [0.2, 0.25) is 0 Å². The Morgan fingerprint density at radius 3 is 2.18 bits per heavy atom. The summed E-state index contributed by atoms with van der Waals surface area (Å²) < 4.78 is 0. The maximum Gasteiger partial charge on any atom is 0.0361 e. The van der Waals surface area contributed by atoms with Gasteiger partial charge in [0.1, 0.15) is 0 Å². The van der Waals surface area contributed by atoms with Gasteiger partial charge in [-0.15, -0.1) is 0 Å². The summed E-state index contributed by atoms with van der Waals surface area (Å²) in [5, 5.41) is 3.56. The molecule has 2 unspecified atom stereocenters. The van der Waals surface area contributed by atoms with Crippen LogP contribution in [0.1, 0.15) is 38.7 Å². The lowest BCUT2D eigenvalue weighted by Gasteiger charge is -2.22. The molecule has 0 saturated heterocycles. The van der Waals surface area contributed by atoms with E-state index in [1.54, 1.807) is 0 Å². The van der Waals surface area contributed by atoms with Crippen LogP contribution in [0.3, 0.4) is 0 Å². The summed E-state index contributed by atoms with van der Waals surface area (Å²) in [5.41, 5.74) is 2.67. The van der Waals surface area contributed by atoms with Gasteiger partial charge in [0.15, 0.2) is 0 Å². The van der Waals surface area contributed by atoms with Gasteiger partial charge < -0.3 is 10.2 Å². The van der Waals surface area contributed by atoms with Gasteiger partial charge in [0.05, 0.1) is 0 Å². The zero-order chi connectivity index (χ0) is 12.8. The molecule has 2 heteroatoms. The van der Waals surface area contributed by atoms with E-state index in [2.05, 4.69) is 69.3 Å². The lowest BCUT2D eigenvalue weighted by molar-refractivity contribution is 0.481. The molecule has 0 saturated carbocycles. The maximum absolute atomic E-state index is 3.56. The molecule has 0 fully saturated rings. The van der Waals surface area contributed by atoms with Crippen LogP contribution in [-0.4, -0.2) is 26.7 Å². The van der Waals surface area contributed by atoms with Crippen molar-refractivity contribution in [3.05, 3.63) is 29.8 Å². The Hall–Kier alpha value is -1.02. The van der Waals surface area contributed by atoms with Crippen molar-refractivity contribution in [2.24, 2.45) is 0 Å². The summed E-state index contributed by atoms with van der Waals surface area (Å²) in [5.74, 6) is 0.553. The first-order valence-electron chi connectivity index (χ1n) is 6.57. The summed E-state index contributed by atoms with van der Waals surface area (Å²) in [4.78, 5) is 2.13. The minimum absolute atomic E-state index is 0.528. The zero-order valence-electron chi connectivity index (χ0n) is 11.8. The second kappa shape index (κ2) is 6.65. The van der Waals surface area contributed by atoms with Gasteiger partial charge in [-0.05, 0) is 43.5 Å². The molecule has 2 nitrogen and oxygen atoms in total. The van der Waals surface area contributed by atoms with E-state index < -0.39 is 0 Å². The lowest BCUT2D eigenvalue weighted by Crippen LogP contribution is -2.31. The first-order chi connectivity index (χ1) is 8.06. The van der Waals surface area contributed by atoms with E-state index in [0.29, 0.717) is 12.0 Å². The molecular formula is C15H26N2. The monoisotopic (exact) mass is 234 g/mol. The van der Waals surface area contributed by atoms with Crippen molar-refractivity contribution in [2.75, 3.05) is 25.5 Å². The van der Waals surface area contributed by atoms with Crippen LogP contribution < -0.4 is 10.2 Å². The molecule has 1 aromatic carbocycles. The van der Waals surface area contributed by atoms with Crippen molar-refractivity contribution in [1.29, 1.82) is 0 Å². The Balaban J connectivity index is 2.65. The fourth-order valence-corrected chi connectivity index (χ4v) is 1.91. The molecule has 1 aromatic rings. The fraction of sp³-hybridized carbons (Fsp3) is 0.600. The highest BCUT2D eigenvalue weighted by atomic mass is 15.1. The van der Waals surface area contributed by atoms with Crippen LogP contribution in [0.25, 0.3) is 0 Å². The molecule has 0 aliphatic rings. The number of anilines is 1. The van der Waals surface area contributed by atoms with E-state index in [0.717, 1.165) is 6.54 Å². The van der Waals surface area contributed by atoms with E-state index in [-0.39, 0.29) is 0 Å². The summed E-state index contributed by atoms with van der Waals surface area (Å²) in [6, 6.07) is 9.39. The smallest absolute Gasteiger partial charge is 0.0361 e. The molecule has 0 bridgehead atoms. The van der Waals surface area contributed by atoms with Crippen molar-refractivity contribution < 1.29 is 0 Å². The number of benzene rings is 1. The first-order valence-corrected chi connectivity index (χ1v) is 6.57. The largest absolute Gasteiger partial charge is 0.378 e. The third-order valence-electron chi connectivity index (χ3n) is 3.40. The molecule has 96 valence electrons. The Kier molecular flexibility index (Phi) is 5.49. The van der Waals surface area contributed by atoms with Crippen molar-refractivity contribution in [2.45, 2.75) is 39.2 Å². The number of nitrogens with one attached hydrogen (secondary N) is 1. The van der Waals surface area contributed by atoms with E-state index in [4.69, 9.17) is 0 Å². The van der Waals surface area contributed by atoms with Gasteiger partial charge in [0.25, 0.3) is 0 Å². The lowest BCUT2D eigenvalue weighted by atomic mass is 9.94. The van der Waals surface area contributed by atoms with Crippen molar-refractivity contribution >= 4 is 5.69 Å². The second-order valence-corrected chi connectivity index (χ2v) is 5.02. The topological polar surface area (TPSA) is 15.3 Å². The molecule has 1 rings (SSSR count). The number of rotatable bonds is 6. The van der Waals surface area contributed by atoms with Gasteiger partial charge in [-0.25, -0.2) is 0 Å². The van der Waals surface area contributed by atoms with Crippen LogP contribution >= 0.6 is 0 Å². The molecule has 0 aliphatic carbocycles. The number of nitrogens with zero attached hydrogens (tertiary/aromatic N) is 1. The fourth-order valence-electron chi connectivity index (χ4n) is 1.91. The van der Waals surface area contributed by atoms with Crippen LogP contribution in [0.4, 0.5) is 5.69 Å². The molecule has 2 atom stereocenters. The van der Waals surface area contributed by atoms with Gasteiger partial charge in [-0.3, -0.25) is 0 Å². The Morgan fingerprint density at radius 1 is 1.12 bits per heavy atom. The predicted molar refractivity (Wildman–Crippen MR) is 76.9 cm³/mol. The highest BCUT2D eigenvalue weighted by Gasteiger charge is 2.13. The quantitative estimate of drug-likeness (QED) is 0.813. The summed E-state index contributed by atoms with van der Waals surface area (Å²) in [6.45, 7) is 7.86. The van der Waals surface area contributed by atoms with Gasteiger partial charge in [-0.2, -0.15) is 0 Å². The second-order valence-electron chi connectivity index (χ2n) is 5.02. The number of hydrogen-bond acceptors (Lipinski definition) is 2. The summed E-state index contributed by atoms with van der Waals surface area (Å²) in [7, 11) is 4.15. The van der Waals surface area contributed by atoms with E-state index in [1.165, 1.54) is 17.7 Å². The highest BCUT2D eigenvalue weighted by Crippen LogP contribution is 2.21. The SMILES string of the molecule is CCCNC(C)C(C)c1ccc(N(C)C)cc1. The minimum atomic E-state index is 0.528. The highest BCUT2D eigenvalue weighted by molar-refractivity contribution is 5.46. The van der Waals surface area contributed by atoms with E-state index in [9.17, 15) is 0 Å². The third-order valence-corrected chi connectivity index (χ3v) is 3.40. The summed E-state index contributed by atoms with van der Waals surface area (Å²) in [6.07, 6.45) is 1.19. The third kappa shape index (κ3) is 4.04. The van der Waals surface area contributed by atoms with Crippen molar-refractivity contribution in [1.82, 2.24) is 5.32 Å². The van der Waals surface area contributed by atoms with Crippen LogP contribution in [0.2, 0.25) is 0 Å². The zero-order valence-corrected chi connectivity index (χ0v) is 11.8. The van der Waals surface area contributed by atoms with E-state index in [1.807, 2.05) is 0 Å². The van der Waals surface area contributed by atoms with Crippen molar-refractivity contribution in [3.63, 3.8) is 0 Å². The average molecular weight is 234 g/mol. The first kappa shape index (κ1) is 14.0. The standard InChI is InChI=1S/C15H26N2/c1-6-11-16-13(3)12(2)14-7-9-15(10-8-14)17(4)5/h7-10,12-13,16H,6,11H2,1-5H3. The van der Waals surface area contributed by atoms with Gasteiger partial charge >= 0.3 is 0 Å². The molecule has 0 heterocycles. The Labute approximate surface area is 106 Å². The van der Waals surface area contributed by atoms with Crippen LogP contribution in [0, 0.1) is 0 Å². The molecular weight excluding hydrogens is 208 g/mol. The van der Waals surface area contributed by atoms with Crippen LogP contribution in [-0.2, 0) is 0 Å². The Morgan fingerprint density at radius 2 is 1.71 bits per heavy atom. The normalized spacial score (nSPS) is 14.4. The molecule has 17 heavy (non-hydrogen) atoms. The maximum atomic E-state index is 3.56. The number of hydrogen-bond donors (Lipinski definition) is 1. The van der Waals surface area contributed by atoms with Crippen molar-refractivity contribution in [3.8, 4) is 0 Å². The van der Waals surface area contributed by atoms with Crippen LogP contribution in [0.15, 0.2) is 24.3 Å². The Bertz CT molecular complexity index is 316. The van der Waals surface area contributed by atoms with Crippen LogP contribution in [0.5, 0.6) is 0 Å². The van der Waals surface area contributed by atoms with Gasteiger partial charge in [0, 0.05) is 25.8 Å². The van der Waals surface area contributed by atoms with E-state index >= 15 is 0 Å². The molecule has 0 aromatic heterocycles. The van der Waals surface area contributed by atoms with Gasteiger partial charge in [-0.1, -0.05) is 26.0 Å². The molecule has 1 N–H and O–H groups in total. The molecule has 0 amide bonds. The summed E-state index contributed by atoms with van der Waals surface area (Å²) >= 11 is 0.